The predicted octanol–water partition coefficient (Wildman–Crippen LogP) is 5.81. The number of carboxylic acids is 1. The van der Waals surface area contributed by atoms with Gasteiger partial charge >= 0.3 is 18.0 Å². The van der Waals surface area contributed by atoms with E-state index in [1.165, 1.54) is 10.5 Å². The highest BCUT2D eigenvalue weighted by Gasteiger charge is 2.54. The zero-order valence-electron chi connectivity index (χ0n) is 22.6. The highest BCUT2D eigenvalue weighted by Crippen LogP contribution is 2.40. The molecule has 2 bridgehead atoms. The number of carbonyl (C=O) groups is 3. The van der Waals surface area contributed by atoms with Crippen LogP contribution in [0.2, 0.25) is 0 Å². The normalized spacial score (nSPS) is 23.8. The number of benzene rings is 3. The summed E-state index contributed by atoms with van der Waals surface area (Å²) < 4.78 is 0. The average molecular weight is 539 g/mol. The molecule has 0 aromatic heterocycles. The molecule has 4 amide bonds. The molecule has 206 valence electrons. The Morgan fingerprint density at radius 3 is 2.02 bits per heavy atom. The summed E-state index contributed by atoms with van der Waals surface area (Å²) in [5.41, 5.74) is 3.59. The minimum absolute atomic E-state index is 0.0258. The van der Waals surface area contributed by atoms with Gasteiger partial charge in [0.1, 0.15) is 0 Å². The number of rotatable bonds is 4. The van der Waals surface area contributed by atoms with Crippen LogP contribution in [-0.2, 0) is 4.79 Å². The molecule has 0 radical (unpaired) electrons. The standard InChI is InChI=1S/C32H34N4O4/c1-22-14-16-23(17-15-22)27-13-8-20-33(27)31(39)36-26-18-19-28(36)29(30(37)38)34(21-26)32(40)35(24-9-4-2-5-10-24)25-11-6-3-7-12-25/h2-7,9-12,14-17,26-29H,8,13,18-21H2,1H3,(H,37,38)/t26?,27?,28-,29+/m1/s1. The summed E-state index contributed by atoms with van der Waals surface area (Å²) in [5, 5.41) is 10.5. The number of aryl methyl sites for hydroxylation is 1. The van der Waals surface area contributed by atoms with Gasteiger partial charge in [-0.3, -0.25) is 4.90 Å². The average Bonchev–Trinajstić information content (AvgIpc) is 3.57. The van der Waals surface area contributed by atoms with E-state index < -0.39 is 24.1 Å². The number of hydrogen-bond acceptors (Lipinski definition) is 3. The first-order valence-electron chi connectivity index (χ1n) is 14.0. The van der Waals surface area contributed by atoms with E-state index in [2.05, 4.69) is 24.3 Å². The lowest BCUT2D eigenvalue weighted by molar-refractivity contribution is -0.145. The van der Waals surface area contributed by atoms with E-state index in [1.807, 2.05) is 72.5 Å². The Balaban J connectivity index is 1.30. The van der Waals surface area contributed by atoms with Gasteiger partial charge in [-0.25, -0.2) is 14.4 Å². The van der Waals surface area contributed by atoms with Crippen LogP contribution < -0.4 is 4.90 Å². The summed E-state index contributed by atoms with van der Waals surface area (Å²) in [6.07, 6.45) is 3.01. The molecule has 0 saturated carbocycles. The van der Waals surface area contributed by atoms with Crippen molar-refractivity contribution in [1.29, 1.82) is 0 Å². The molecule has 0 aliphatic carbocycles. The maximum absolute atomic E-state index is 14.2. The van der Waals surface area contributed by atoms with Crippen LogP contribution in [0.1, 0.15) is 42.9 Å². The highest BCUT2D eigenvalue weighted by molar-refractivity contribution is 6.01. The number of anilines is 2. The fourth-order valence-electron chi connectivity index (χ4n) is 6.67. The van der Waals surface area contributed by atoms with Crippen molar-refractivity contribution in [1.82, 2.24) is 14.7 Å². The summed E-state index contributed by atoms with van der Waals surface area (Å²) in [6, 6.07) is 24.4. The Hall–Kier alpha value is -4.33. The second kappa shape index (κ2) is 10.7. The lowest BCUT2D eigenvalue weighted by Gasteiger charge is -2.47. The first kappa shape index (κ1) is 25.9. The lowest BCUT2D eigenvalue weighted by Crippen LogP contribution is -2.67. The topological polar surface area (TPSA) is 84.4 Å². The summed E-state index contributed by atoms with van der Waals surface area (Å²) in [4.78, 5) is 47.8. The molecule has 3 heterocycles. The number of piperazine rings is 1. The van der Waals surface area contributed by atoms with Crippen LogP contribution in [0.15, 0.2) is 84.9 Å². The molecule has 8 heteroatoms. The fourth-order valence-corrected chi connectivity index (χ4v) is 6.67. The van der Waals surface area contributed by atoms with Gasteiger partial charge in [-0.1, -0.05) is 66.2 Å². The number of aliphatic carboxylic acids is 1. The van der Waals surface area contributed by atoms with Crippen LogP contribution in [-0.4, -0.2) is 69.1 Å². The Kier molecular flexibility index (Phi) is 6.92. The van der Waals surface area contributed by atoms with Gasteiger partial charge in [0, 0.05) is 13.1 Å². The SMILES string of the molecule is Cc1ccc(C2CCCN2C(=O)N2C3CC[C@@H]2[C@@H](C(=O)O)N(C(=O)N(c2ccccc2)c2ccccc2)C3)cc1. The number of carbonyl (C=O) groups excluding carboxylic acids is 2. The molecule has 3 aliphatic heterocycles. The maximum Gasteiger partial charge on any atom is 0.329 e. The van der Waals surface area contributed by atoms with Gasteiger partial charge in [-0.15, -0.1) is 0 Å². The summed E-state index contributed by atoms with van der Waals surface area (Å²) in [6.45, 7) is 2.86. The van der Waals surface area contributed by atoms with Crippen LogP contribution in [0.4, 0.5) is 21.0 Å². The first-order valence-corrected chi connectivity index (χ1v) is 14.0. The molecule has 3 aromatic carbocycles. The molecule has 2 unspecified atom stereocenters. The molecule has 6 rings (SSSR count). The third kappa shape index (κ3) is 4.57. The van der Waals surface area contributed by atoms with Crippen molar-refractivity contribution in [2.24, 2.45) is 0 Å². The van der Waals surface area contributed by atoms with Crippen molar-refractivity contribution in [3.8, 4) is 0 Å². The number of amides is 4. The van der Waals surface area contributed by atoms with Gasteiger partial charge in [0.05, 0.1) is 29.5 Å². The maximum atomic E-state index is 14.2. The van der Waals surface area contributed by atoms with E-state index in [0.717, 1.165) is 18.4 Å². The van der Waals surface area contributed by atoms with E-state index in [4.69, 9.17) is 0 Å². The molecule has 0 spiro atoms. The first-order chi connectivity index (χ1) is 19.4. The summed E-state index contributed by atoms with van der Waals surface area (Å²) in [5.74, 6) is -1.09. The third-order valence-corrected chi connectivity index (χ3v) is 8.55. The minimum atomic E-state index is -1.13. The van der Waals surface area contributed by atoms with Crippen molar-refractivity contribution < 1.29 is 19.5 Å². The third-order valence-electron chi connectivity index (χ3n) is 8.55. The summed E-state index contributed by atoms with van der Waals surface area (Å²) in [7, 11) is 0. The summed E-state index contributed by atoms with van der Waals surface area (Å²) >= 11 is 0. The molecule has 1 N–H and O–H groups in total. The van der Waals surface area contributed by atoms with Gasteiger partial charge in [0.15, 0.2) is 6.04 Å². The molecule has 3 fully saturated rings. The zero-order chi connectivity index (χ0) is 27.8. The fraction of sp³-hybridized carbons (Fsp3) is 0.344. The van der Waals surface area contributed by atoms with Crippen LogP contribution in [0.3, 0.4) is 0 Å². The molecule has 4 atom stereocenters. The van der Waals surface area contributed by atoms with Gasteiger partial charge in [-0.05, 0) is 62.4 Å². The number of fused-ring (bicyclic) bond motifs is 2. The van der Waals surface area contributed by atoms with Crippen molar-refractivity contribution >= 4 is 29.4 Å². The van der Waals surface area contributed by atoms with E-state index in [-0.39, 0.29) is 24.7 Å². The Morgan fingerprint density at radius 1 is 0.800 bits per heavy atom. The Morgan fingerprint density at radius 2 is 1.43 bits per heavy atom. The van der Waals surface area contributed by atoms with E-state index in [1.54, 1.807) is 9.80 Å². The van der Waals surface area contributed by atoms with Crippen LogP contribution in [0.25, 0.3) is 0 Å². The van der Waals surface area contributed by atoms with E-state index in [0.29, 0.717) is 30.8 Å². The van der Waals surface area contributed by atoms with Crippen molar-refractivity contribution in [3.63, 3.8) is 0 Å². The second-order valence-corrected chi connectivity index (χ2v) is 11.0. The number of urea groups is 2. The van der Waals surface area contributed by atoms with Crippen LogP contribution >= 0.6 is 0 Å². The quantitative estimate of drug-likeness (QED) is 0.454. The van der Waals surface area contributed by atoms with E-state index in [9.17, 15) is 19.5 Å². The molecule has 3 saturated heterocycles. The van der Waals surface area contributed by atoms with E-state index >= 15 is 0 Å². The van der Waals surface area contributed by atoms with Gasteiger partial charge in [0.2, 0.25) is 0 Å². The molecular formula is C32H34N4O4. The number of likely N-dealkylation sites (tertiary alicyclic amines) is 2. The van der Waals surface area contributed by atoms with Gasteiger partial charge < -0.3 is 19.8 Å². The van der Waals surface area contributed by atoms with Crippen LogP contribution in [0, 0.1) is 6.92 Å². The highest BCUT2D eigenvalue weighted by atomic mass is 16.4. The molecule has 40 heavy (non-hydrogen) atoms. The largest absolute Gasteiger partial charge is 0.480 e. The van der Waals surface area contributed by atoms with Crippen molar-refractivity contribution in [2.75, 3.05) is 18.0 Å². The smallest absolute Gasteiger partial charge is 0.329 e. The molecule has 3 aliphatic rings. The van der Waals surface area contributed by atoms with Crippen molar-refractivity contribution in [3.05, 3.63) is 96.1 Å². The molecule has 3 aromatic rings. The van der Waals surface area contributed by atoms with Crippen molar-refractivity contribution in [2.45, 2.75) is 56.8 Å². The van der Waals surface area contributed by atoms with Gasteiger partial charge in [0.25, 0.3) is 0 Å². The van der Waals surface area contributed by atoms with Crippen LogP contribution in [0.5, 0.6) is 0 Å². The molecular weight excluding hydrogens is 504 g/mol. The number of para-hydroxylation sites is 2. The lowest BCUT2D eigenvalue weighted by atomic mass is 10.0. The second-order valence-electron chi connectivity index (χ2n) is 11.0. The monoisotopic (exact) mass is 538 g/mol. The number of carboxylic acid groups (broad SMARTS) is 1. The number of nitrogens with zero attached hydrogens (tertiary/aromatic N) is 4. The Labute approximate surface area is 234 Å². The predicted molar refractivity (Wildman–Crippen MR) is 152 cm³/mol. The number of hydrogen-bond donors (Lipinski definition) is 1. The minimum Gasteiger partial charge on any atom is -0.480 e. The van der Waals surface area contributed by atoms with Gasteiger partial charge in [-0.2, -0.15) is 0 Å². The molecule has 8 nitrogen and oxygen atoms in total. The Bertz CT molecular complexity index is 1340. The zero-order valence-corrected chi connectivity index (χ0v) is 22.6.